The molecular weight excluding hydrogens is 136 g/mol. The lowest BCUT2D eigenvalue weighted by molar-refractivity contribution is -0.116. The summed E-state index contributed by atoms with van der Waals surface area (Å²) >= 11 is 5.62. The first-order valence-corrected chi connectivity index (χ1v) is 3.35. The van der Waals surface area contributed by atoms with Crippen molar-refractivity contribution in [3.8, 4) is 0 Å². The first-order chi connectivity index (χ1) is 4.09. The maximum atomic E-state index is 10.6. The third kappa shape index (κ3) is 2.66. The zero-order valence-electron chi connectivity index (χ0n) is 5.78. The summed E-state index contributed by atoms with van der Waals surface area (Å²) in [7, 11) is 0. The third-order valence-electron chi connectivity index (χ3n) is 1.17. The largest absolute Gasteiger partial charge is 0.298 e. The first kappa shape index (κ1) is 8.70. The van der Waals surface area contributed by atoms with E-state index in [1.165, 1.54) is 6.92 Å². The van der Waals surface area contributed by atoms with Crippen LogP contribution in [-0.4, -0.2) is 11.2 Å². The second kappa shape index (κ2) is 3.67. The van der Waals surface area contributed by atoms with Crippen LogP contribution in [0.1, 0.15) is 20.3 Å². The molecule has 0 fully saturated rings. The van der Waals surface area contributed by atoms with E-state index in [1.54, 1.807) is 0 Å². The molecule has 1 unspecified atom stereocenters. The molecule has 0 saturated carbocycles. The van der Waals surface area contributed by atoms with Crippen LogP contribution in [0.2, 0.25) is 0 Å². The minimum atomic E-state index is -0.477. The normalized spacial score (nSPS) is 12.8. The van der Waals surface area contributed by atoms with Crippen LogP contribution in [-0.2, 0) is 4.79 Å². The molecule has 2 heteroatoms. The van der Waals surface area contributed by atoms with E-state index in [-0.39, 0.29) is 5.78 Å². The molecule has 1 nitrogen and oxygen atoms in total. The maximum absolute atomic E-state index is 10.6. The van der Waals surface area contributed by atoms with Crippen molar-refractivity contribution in [2.24, 2.45) is 0 Å². The lowest BCUT2D eigenvalue weighted by Gasteiger charge is -2.04. The van der Waals surface area contributed by atoms with E-state index >= 15 is 0 Å². The Balaban J connectivity index is 3.88. The van der Waals surface area contributed by atoms with Gasteiger partial charge in [-0.2, -0.15) is 0 Å². The Morgan fingerprint density at radius 2 is 2.22 bits per heavy atom. The summed E-state index contributed by atoms with van der Waals surface area (Å²) in [6.45, 7) is 7.04. The van der Waals surface area contributed by atoms with Crippen molar-refractivity contribution in [3.05, 3.63) is 12.2 Å². The van der Waals surface area contributed by atoms with Crippen molar-refractivity contribution in [2.75, 3.05) is 0 Å². The Morgan fingerprint density at radius 3 is 2.33 bits per heavy atom. The fraction of sp³-hybridized carbons (Fsp3) is 0.571. The van der Waals surface area contributed by atoms with Gasteiger partial charge in [0.15, 0.2) is 5.78 Å². The van der Waals surface area contributed by atoms with Crippen molar-refractivity contribution in [3.63, 3.8) is 0 Å². The number of carbonyl (C=O) groups is 1. The SMILES string of the molecule is C=C(CC)C(Cl)C(C)=O. The van der Waals surface area contributed by atoms with E-state index in [2.05, 4.69) is 6.58 Å². The van der Waals surface area contributed by atoms with Gasteiger partial charge in [0.2, 0.25) is 0 Å². The Kier molecular flexibility index (Phi) is 3.55. The smallest absolute Gasteiger partial charge is 0.151 e. The van der Waals surface area contributed by atoms with Gasteiger partial charge in [-0.3, -0.25) is 4.79 Å². The number of Topliss-reactive ketones (excluding diaryl/α,β-unsaturated/α-hetero) is 1. The lowest BCUT2D eigenvalue weighted by atomic mass is 10.1. The molecule has 0 aliphatic rings. The van der Waals surface area contributed by atoms with Crippen molar-refractivity contribution in [1.29, 1.82) is 0 Å². The average Bonchev–Trinajstić information content (AvgIpc) is 1.84. The highest BCUT2D eigenvalue weighted by atomic mass is 35.5. The van der Waals surface area contributed by atoms with Gasteiger partial charge in [0.25, 0.3) is 0 Å². The molecule has 0 radical (unpaired) electrons. The van der Waals surface area contributed by atoms with Gasteiger partial charge in [-0.25, -0.2) is 0 Å². The van der Waals surface area contributed by atoms with Crippen LogP contribution in [0.3, 0.4) is 0 Å². The Labute approximate surface area is 60.7 Å². The van der Waals surface area contributed by atoms with E-state index in [4.69, 9.17) is 11.6 Å². The van der Waals surface area contributed by atoms with Crippen LogP contribution < -0.4 is 0 Å². The summed E-state index contributed by atoms with van der Waals surface area (Å²) in [5.74, 6) is -0.0245. The highest BCUT2D eigenvalue weighted by Gasteiger charge is 2.11. The number of halogens is 1. The number of alkyl halides is 1. The minimum absolute atomic E-state index is 0.0245. The summed E-state index contributed by atoms with van der Waals surface area (Å²) in [5, 5.41) is -0.477. The monoisotopic (exact) mass is 146 g/mol. The summed E-state index contributed by atoms with van der Waals surface area (Å²) < 4.78 is 0. The van der Waals surface area contributed by atoms with Crippen LogP contribution >= 0.6 is 11.6 Å². The number of hydrogen-bond acceptors (Lipinski definition) is 1. The zero-order chi connectivity index (χ0) is 7.44. The Bertz CT molecular complexity index is 129. The van der Waals surface area contributed by atoms with Crippen molar-refractivity contribution < 1.29 is 4.79 Å². The summed E-state index contributed by atoms with van der Waals surface area (Å²) in [6.07, 6.45) is 0.772. The van der Waals surface area contributed by atoms with Crippen molar-refractivity contribution >= 4 is 17.4 Å². The number of carbonyl (C=O) groups excluding carboxylic acids is 1. The Morgan fingerprint density at radius 1 is 1.78 bits per heavy atom. The van der Waals surface area contributed by atoms with Gasteiger partial charge in [-0.15, -0.1) is 11.6 Å². The van der Waals surface area contributed by atoms with Crippen LogP contribution in [0.25, 0.3) is 0 Å². The van der Waals surface area contributed by atoms with E-state index in [9.17, 15) is 4.79 Å². The molecule has 0 aromatic carbocycles. The van der Waals surface area contributed by atoms with Crippen molar-refractivity contribution in [2.45, 2.75) is 25.6 Å². The predicted molar refractivity (Wildman–Crippen MR) is 39.8 cm³/mol. The van der Waals surface area contributed by atoms with E-state index in [0.29, 0.717) is 0 Å². The molecule has 0 amide bonds. The molecule has 0 saturated heterocycles. The third-order valence-corrected chi connectivity index (χ3v) is 1.79. The number of allylic oxidation sites excluding steroid dienone is 1. The van der Waals surface area contributed by atoms with E-state index in [0.717, 1.165) is 12.0 Å². The van der Waals surface area contributed by atoms with Crippen LogP contribution in [0.5, 0.6) is 0 Å². The van der Waals surface area contributed by atoms with E-state index < -0.39 is 5.38 Å². The molecule has 9 heavy (non-hydrogen) atoms. The van der Waals surface area contributed by atoms with Crippen LogP contribution in [0.4, 0.5) is 0 Å². The molecule has 52 valence electrons. The topological polar surface area (TPSA) is 17.1 Å². The second-order valence-electron chi connectivity index (χ2n) is 1.99. The number of rotatable bonds is 3. The van der Waals surface area contributed by atoms with Gasteiger partial charge in [0.1, 0.15) is 5.38 Å². The summed E-state index contributed by atoms with van der Waals surface area (Å²) in [4.78, 5) is 10.6. The lowest BCUT2D eigenvalue weighted by Crippen LogP contribution is -2.11. The zero-order valence-corrected chi connectivity index (χ0v) is 6.53. The number of hydrogen-bond donors (Lipinski definition) is 0. The van der Waals surface area contributed by atoms with Gasteiger partial charge < -0.3 is 0 Å². The van der Waals surface area contributed by atoms with Gasteiger partial charge in [-0.05, 0) is 13.3 Å². The minimum Gasteiger partial charge on any atom is -0.298 e. The predicted octanol–water partition coefficient (Wildman–Crippen LogP) is 2.15. The average molecular weight is 147 g/mol. The molecule has 0 aliphatic heterocycles. The summed E-state index contributed by atoms with van der Waals surface area (Å²) in [6, 6.07) is 0. The van der Waals surface area contributed by atoms with Crippen molar-refractivity contribution in [1.82, 2.24) is 0 Å². The fourth-order valence-electron chi connectivity index (χ4n) is 0.467. The summed E-state index contributed by atoms with van der Waals surface area (Å²) in [5.41, 5.74) is 0.796. The second-order valence-corrected chi connectivity index (χ2v) is 2.42. The molecule has 0 aromatic rings. The molecular formula is C7H11ClO. The molecule has 0 N–H and O–H groups in total. The molecule has 1 atom stereocenters. The highest BCUT2D eigenvalue weighted by molar-refractivity contribution is 6.32. The fourth-order valence-corrected chi connectivity index (χ4v) is 0.621. The molecule has 0 bridgehead atoms. The molecule has 0 aromatic heterocycles. The van der Waals surface area contributed by atoms with Gasteiger partial charge in [0.05, 0.1) is 0 Å². The standard InChI is InChI=1S/C7H11ClO/c1-4-5(2)7(8)6(3)9/h7H,2,4H2,1,3H3. The van der Waals surface area contributed by atoms with Crippen LogP contribution in [0, 0.1) is 0 Å². The van der Waals surface area contributed by atoms with E-state index in [1.807, 2.05) is 6.92 Å². The van der Waals surface area contributed by atoms with Gasteiger partial charge in [-0.1, -0.05) is 19.1 Å². The first-order valence-electron chi connectivity index (χ1n) is 2.91. The molecule has 0 aliphatic carbocycles. The molecule has 0 spiro atoms. The quantitative estimate of drug-likeness (QED) is 0.441. The Hall–Kier alpha value is -0.300. The molecule has 0 heterocycles. The molecule has 0 rings (SSSR count). The van der Waals surface area contributed by atoms with Crippen LogP contribution in [0.15, 0.2) is 12.2 Å². The van der Waals surface area contributed by atoms with Gasteiger partial charge in [0, 0.05) is 0 Å². The number of ketones is 1. The highest BCUT2D eigenvalue weighted by Crippen LogP contribution is 2.11. The van der Waals surface area contributed by atoms with Gasteiger partial charge >= 0.3 is 0 Å². The maximum Gasteiger partial charge on any atom is 0.151 e.